The molecule has 2 fully saturated rings. The molecule has 3 amide bonds. The number of esters is 1. The summed E-state index contributed by atoms with van der Waals surface area (Å²) in [5.41, 5.74) is 0.505. The number of carbonyl (C=O) groups is 5. The number of methoxy groups -OCH3 is 1. The van der Waals surface area contributed by atoms with Crippen molar-refractivity contribution in [3.8, 4) is 11.5 Å². The minimum absolute atomic E-state index is 0.0312. The van der Waals surface area contributed by atoms with Crippen molar-refractivity contribution in [3.63, 3.8) is 0 Å². The van der Waals surface area contributed by atoms with Crippen LogP contribution in [0.5, 0.6) is 11.5 Å². The van der Waals surface area contributed by atoms with E-state index in [9.17, 15) is 24.0 Å². The third kappa shape index (κ3) is 6.39. The highest BCUT2D eigenvalue weighted by Crippen LogP contribution is 2.44. The van der Waals surface area contributed by atoms with Gasteiger partial charge < -0.3 is 9.47 Å². The average Bonchev–Trinajstić information content (AvgIpc) is 3.24. The fourth-order valence-electron chi connectivity index (χ4n) is 5.17. The van der Waals surface area contributed by atoms with Crippen LogP contribution in [0.3, 0.4) is 0 Å². The van der Waals surface area contributed by atoms with Crippen LogP contribution in [0.15, 0.2) is 72.8 Å². The number of hydrogen-bond donors (Lipinski definition) is 0. The molecule has 0 aromatic heterocycles. The van der Waals surface area contributed by atoms with Crippen LogP contribution in [0.4, 0.5) is 0 Å². The summed E-state index contributed by atoms with van der Waals surface area (Å²) in [6.07, 6.45) is 0.805. The zero-order valence-electron chi connectivity index (χ0n) is 22.7. The number of benzene rings is 3. The molecule has 0 unspecified atom stereocenters. The molecular formula is C31H25Br2ClN2O7. The highest BCUT2D eigenvalue weighted by molar-refractivity contribution is 9.12. The van der Waals surface area contributed by atoms with Crippen molar-refractivity contribution in [2.45, 2.75) is 22.5 Å². The smallest absolute Gasteiger partial charge is 0.343 e. The first kappa shape index (κ1) is 30.9. The number of ether oxygens (including phenoxy) is 2. The Morgan fingerprint density at radius 1 is 0.860 bits per heavy atom. The molecule has 3 aromatic carbocycles. The zero-order chi connectivity index (χ0) is 30.8. The summed E-state index contributed by atoms with van der Waals surface area (Å²) in [5, 5.41) is 1.81. The molecule has 9 nitrogen and oxygen atoms in total. The van der Waals surface area contributed by atoms with Gasteiger partial charge in [0.1, 0.15) is 18.0 Å². The van der Waals surface area contributed by atoms with Gasteiger partial charge in [0, 0.05) is 15.2 Å². The number of fused-ring (bicyclic) bond motifs is 1. The molecule has 4 atom stereocenters. The number of Topliss-reactive ketones (excluding diaryl/α,β-unsaturated/α-hetero) is 1. The van der Waals surface area contributed by atoms with Crippen LogP contribution in [-0.2, 0) is 9.59 Å². The number of hydrazine groups is 1. The van der Waals surface area contributed by atoms with Crippen molar-refractivity contribution in [2.75, 3.05) is 13.7 Å². The Kier molecular flexibility index (Phi) is 9.33. The van der Waals surface area contributed by atoms with E-state index in [2.05, 4.69) is 31.9 Å². The maximum absolute atomic E-state index is 13.8. The lowest BCUT2D eigenvalue weighted by Gasteiger charge is -2.30. The molecule has 43 heavy (non-hydrogen) atoms. The van der Waals surface area contributed by atoms with Gasteiger partial charge in [-0.1, -0.05) is 61.7 Å². The number of halogens is 3. The van der Waals surface area contributed by atoms with Gasteiger partial charge in [-0.05, 0) is 67.4 Å². The van der Waals surface area contributed by atoms with Crippen LogP contribution in [-0.4, -0.2) is 62.8 Å². The number of amides is 3. The Balaban J connectivity index is 1.38. The Labute approximate surface area is 269 Å². The van der Waals surface area contributed by atoms with Gasteiger partial charge >= 0.3 is 5.97 Å². The van der Waals surface area contributed by atoms with E-state index >= 15 is 0 Å². The molecule has 3 aromatic rings. The van der Waals surface area contributed by atoms with Crippen LogP contribution < -0.4 is 9.47 Å². The van der Waals surface area contributed by atoms with Crippen molar-refractivity contribution >= 4 is 72.9 Å². The molecule has 12 heteroatoms. The summed E-state index contributed by atoms with van der Waals surface area (Å²) in [6.45, 7) is -0.598. The summed E-state index contributed by atoms with van der Waals surface area (Å²) in [5.74, 6) is -3.54. The molecule has 0 spiro atoms. The first-order chi connectivity index (χ1) is 20.6. The minimum Gasteiger partial charge on any atom is -0.497 e. The second-order valence-corrected chi connectivity index (χ2v) is 12.9. The fourth-order valence-corrected chi connectivity index (χ4v) is 6.63. The van der Waals surface area contributed by atoms with Gasteiger partial charge in [-0.3, -0.25) is 19.2 Å². The maximum Gasteiger partial charge on any atom is 0.343 e. The Morgan fingerprint density at radius 3 is 2.09 bits per heavy atom. The third-order valence-corrected chi connectivity index (χ3v) is 10.5. The van der Waals surface area contributed by atoms with Crippen LogP contribution in [0.1, 0.15) is 43.9 Å². The van der Waals surface area contributed by atoms with Gasteiger partial charge in [0.25, 0.3) is 17.7 Å². The van der Waals surface area contributed by atoms with Crippen molar-refractivity contribution in [2.24, 2.45) is 11.8 Å². The highest BCUT2D eigenvalue weighted by atomic mass is 79.9. The number of imide groups is 1. The van der Waals surface area contributed by atoms with Crippen LogP contribution in [0, 0.1) is 11.8 Å². The Hall–Kier alpha value is -3.54. The molecule has 1 aliphatic heterocycles. The molecule has 0 N–H and O–H groups in total. The van der Waals surface area contributed by atoms with E-state index in [-0.39, 0.29) is 37.1 Å². The summed E-state index contributed by atoms with van der Waals surface area (Å²) < 4.78 is 10.6. The second kappa shape index (κ2) is 13.0. The summed E-state index contributed by atoms with van der Waals surface area (Å²) >= 11 is 13.4. The third-order valence-electron chi connectivity index (χ3n) is 7.45. The summed E-state index contributed by atoms with van der Waals surface area (Å²) in [4.78, 5) is 66.9. The lowest BCUT2D eigenvalue weighted by Crippen LogP contribution is -2.52. The first-order valence-corrected chi connectivity index (χ1v) is 15.5. The zero-order valence-corrected chi connectivity index (χ0v) is 26.7. The van der Waals surface area contributed by atoms with Crippen molar-refractivity contribution in [1.29, 1.82) is 0 Å². The predicted octanol–water partition coefficient (Wildman–Crippen LogP) is 5.73. The van der Waals surface area contributed by atoms with Gasteiger partial charge in [0.05, 0.1) is 35.1 Å². The number of ketones is 1. The van der Waals surface area contributed by atoms with Crippen molar-refractivity contribution in [3.05, 3.63) is 94.5 Å². The molecule has 222 valence electrons. The molecule has 1 aliphatic carbocycles. The predicted molar refractivity (Wildman–Crippen MR) is 165 cm³/mol. The molecule has 2 aliphatic rings. The van der Waals surface area contributed by atoms with Crippen molar-refractivity contribution in [1.82, 2.24) is 10.0 Å². The summed E-state index contributed by atoms with van der Waals surface area (Å²) in [6, 6.07) is 18.5. The van der Waals surface area contributed by atoms with Gasteiger partial charge in [-0.25, -0.2) is 9.80 Å². The molecule has 5 rings (SSSR count). The minimum atomic E-state index is -0.756. The average molecular weight is 733 g/mol. The van der Waals surface area contributed by atoms with Gasteiger partial charge in [0.15, 0.2) is 5.78 Å². The number of alkyl halides is 2. The monoisotopic (exact) mass is 730 g/mol. The molecule has 1 heterocycles. The van der Waals surface area contributed by atoms with Crippen molar-refractivity contribution < 1.29 is 33.4 Å². The van der Waals surface area contributed by atoms with Crippen LogP contribution in [0.25, 0.3) is 0 Å². The van der Waals surface area contributed by atoms with E-state index in [4.69, 9.17) is 21.1 Å². The van der Waals surface area contributed by atoms with E-state index < -0.39 is 47.9 Å². The number of nitrogens with zero attached hydrogens (tertiary/aromatic N) is 2. The van der Waals surface area contributed by atoms with E-state index in [0.717, 1.165) is 10.0 Å². The van der Waals surface area contributed by atoms with Crippen LogP contribution >= 0.6 is 43.5 Å². The lowest BCUT2D eigenvalue weighted by molar-refractivity contribution is -0.154. The number of rotatable bonds is 8. The number of carbonyl (C=O) groups excluding carboxylic acids is 5. The van der Waals surface area contributed by atoms with Gasteiger partial charge in [-0.15, -0.1) is 0 Å². The first-order valence-electron chi connectivity index (χ1n) is 13.3. The normalized spacial score (nSPS) is 21.3. The molecule has 1 saturated heterocycles. The standard InChI is InChI=1S/C31H25Br2ClN2O7/c1-42-20-6-4-5-18(13-20)31(41)43-19-11-9-17(10-12-19)27(37)16-35(28(38)21-7-2-3-8-26(21)34)36-29(39)22-14-24(32)25(33)15-23(22)30(36)40/h2-13,22-25H,14-16H2,1H3/t22-,23+,24-,25-/m0/s1. The van der Waals surface area contributed by atoms with Gasteiger partial charge in [0.2, 0.25) is 0 Å². The topological polar surface area (TPSA) is 110 Å². The Bertz CT molecular complexity index is 1570. The second-order valence-electron chi connectivity index (χ2n) is 10.1. The van der Waals surface area contributed by atoms with E-state index in [0.29, 0.717) is 18.6 Å². The van der Waals surface area contributed by atoms with E-state index in [1.165, 1.54) is 49.6 Å². The molecule has 1 saturated carbocycles. The SMILES string of the molecule is COc1cccc(C(=O)Oc2ccc(C(=O)CN(C(=O)c3ccccc3Cl)N3C(=O)[C@H]4C[C@H](Br)[C@@H](Br)C[C@H]4C3=O)cc2)c1. The lowest BCUT2D eigenvalue weighted by atomic mass is 9.81. The largest absolute Gasteiger partial charge is 0.497 e. The molecule has 0 radical (unpaired) electrons. The summed E-state index contributed by atoms with van der Waals surface area (Å²) in [7, 11) is 1.49. The maximum atomic E-state index is 13.8. The quantitative estimate of drug-likeness (QED) is 0.0957. The Morgan fingerprint density at radius 2 is 1.49 bits per heavy atom. The number of hydrogen-bond acceptors (Lipinski definition) is 7. The molecule has 0 bridgehead atoms. The highest BCUT2D eigenvalue weighted by Gasteiger charge is 2.54. The fraction of sp³-hybridized carbons (Fsp3) is 0.258. The van der Waals surface area contributed by atoms with E-state index in [1.807, 2.05) is 0 Å². The molecular weight excluding hydrogens is 708 g/mol. The van der Waals surface area contributed by atoms with E-state index in [1.54, 1.807) is 30.3 Å². The van der Waals surface area contributed by atoms with Gasteiger partial charge in [-0.2, -0.15) is 5.01 Å². The van der Waals surface area contributed by atoms with Crippen LogP contribution in [0.2, 0.25) is 5.02 Å².